The molecule has 0 bridgehead atoms. The summed E-state index contributed by atoms with van der Waals surface area (Å²) in [7, 11) is -2.40. The lowest BCUT2D eigenvalue weighted by molar-refractivity contribution is 0.0779. The van der Waals surface area contributed by atoms with Gasteiger partial charge in [0.15, 0.2) is 0 Å². The van der Waals surface area contributed by atoms with E-state index in [1.165, 1.54) is 17.2 Å². The van der Waals surface area contributed by atoms with Crippen molar-refractivity contribution in [3.63, 3.8) is 0 Å². The van der Waals surface area contributed by atoms with Gasteiger partial charge in [-0.25, -0.2) is 18.1 Å². The summed E-state index contributed by atoms with van der Waals surface area (Å²) in [6, 6.07) is 17.2. The normalized spacial score (nSPS) is 11.4. The van der Waals surface area contributed by atoms with E-state index >= 15 is 0 Å². The summed E-state index contributed by atoms with van der Waals surface area (Å²) in [5.41, 5.74) is 3.93. The molecule has 11 heteroatoms. The van der Waals surface area contributed by atoms with Crippen LogP contribution in [0.4, 0.5) is 5.88 Å². The number of carbonyl (C=O) groups is 1. The number of benzene rings is 2. The highest BCUT2D eigenvalue weighted by Gasteiger charge is 2.25. The number of aromatic nitrogens is 3. The Morgan fingerprint density at radius 2 is 1.77 bits per heavy atom. The van der Waals surface area contributed by atoms with Gasteiger partial charge in [-0.2, -0.15) is 0 Å². The maximum Gasteiger partial charge on any atom is 0.272 e. The van der Waals surface area contributed by atoms with Gasteiger partial charge in [-0.05, 0) is 55.3 Å². The summed E-state index contributed by atoms with van der Waals surface area (Å²) < 4.78 is 40.3. The zero-order valence-electron chi connectivity index (χ0n) is 21.5. The fourth-order valence-corrected chi connectivity index (χ4v) is 5.38. The van der Waals surface area contributed by atoms with E-state index in [1.54, 1.807) is 81.8 Å². The first kappa shape index (κ1) is 25.9. The molecule has 3 aromatic heterocycles. The third kappa shape index (κ3) is 5.30. The molecule has 0 fully saturated rings. The molecule has 0 unspecified atom stereocenters. The monoisotopic (exact) mass is 543 g/mol. The van der Waals surface area contributed by atoms with Gasteiger partial charge >= 0.3 is 0 Å². The lowest BCUT2D eigenvalue weighted by atomic mass is 9.96. The topological polar surface area (TPSA) is 131 Å². The highest BCUT2D eigenvalue weighted by Crippen LogP contribution is 2.34. The Hall–Kier alpha value is -4.77. The lowest BCUT2D eigenvalue weighted by Gasteiger charge is -2.21. The second-order valence-electron chi connectivity index (χ2n) is 8.91. The minimum absolute atomic E-state index is 0.0438. The fourth-order valence-electron chi connectivity index (χ4n) is 4.11. The predicted octanol–water partition coefficient (Wildman–Crippen LogP) is 5.08. The van der Waals surface area contributed by atoms with Crippen molar-refractivity contribution < 1.29 is 22.2 Å². The Bertz CT molecular complexity index is 1730. The van der Waals surface area contributed by atoms with E-state index in [2.05, 4.69) is 19.8 Å². The first-order chi connectivity index (χ1) is 18.7. The van der Waals surface area contributed by atoms with Crippen LogP contribution in [0.2, 0.25) is 0 Å². The van der Waals surface area contributed by atoms with Gasteiger partial charge in [0.25, 0.3) is 15.9 Å². The number of hydrogen-bond donors (Lipinski definition) is 1. The molecular formula is C28H25N5O5S. The van der Waals surface area contributed by atoms with Gasteiger partial charge in [-0.3, -0.25) is 9.78 Å². The molecule has 39 heavy (non-hydrogen) atoms. The third-order valence-electron chi connectivity index (χ3n) is 6.27. The molecule has 3 heterocycles. The van der Waals surface area contributed by atoms with Crippen LogP contribution in [0.5, 0.6) is 0 Å². The van der Waals surface area contributed by atoms with E-state index in [4.69, 9.17) is 8.94 Å². The number of oxazole rings is 1. The van der Waals surface area contributed by atoms with E-state index in [-0.39, 0.29) is 23.2 Å². The summed E-state index contributed by atoms with van der Waals surface area (Å²) in [4.78, 5) is 23.0. The van der Waals surface area contributed by atoms with Crippen LogP contribution in [0.1, 0.15) is 27.3 Å². The number of hydrogen-bond acceptors (Lipinski definition) is 8. The Balaban J connectivity index is 1.58. The molecule has 10 nitrogen and oxygen atoms in total. The number of aryl methyl sites for hydroxylation is 1. The van der Waals surface area contributed by atoms with Gasteiger partial charge in [-0.1, -0.05) is 35.5 Å². The van der Waals surface area contributed by atoms with Gasteiger partial charge in [-0.15, -0.1) is 0 Å². The molecule has 1 amide bonds. The first-order valence-electron chi connectivity index (χ1n) is 12.0. The van der Waals surface area contributed by atoms with Crippen LogP contribution >= 0.6 is 0 Å². The van der Waals surface area contributed by atoms with Crippen LogP contribution in [0.25, 0.3) is 22.6 Å². The molecule has 5 aromatic rings. The molecule has 0 aliphatic rings. The summed E-state index contributed by atoms with van der Waals surface area (Å²) in [6.07, 6.45) is 4.57. The molecule has 0 saturated heterocycles. The molecule has 0 saturated carbocycles. The number of rotatable bonds is 8. The van der Waals surface area contributed by atoms with Crippen molar-refractivity contribution in [2.24, 2.45) is 0 Å². The maximum absolute atomic E-state index is 13.5. The van der Waals surface area contributed by atoms with E-state index in [1.807, 2.05) is 6.07 Å². The lowest BCUT2D eigenvalue weighted by Crippen LogP contribution is -2.27. The van der Waals surface area contributed by atoms with Crippen molar-refractivity contribution in [2.45, 2.75) is 25.3 Å². The minimum Gasteiger partial charge on any atom is -0.445 e. The summed E-state index contributed by atoms with van der Waals surface area (Å²) >= 11 is 0. The molecule has 198 valence electrons. The number of nitrogens with one attached hydrogen (secondary N) is 1. The van der Waals surface area contributed by atoms with Crippen LogP contribution < -0.4 is 4.72 Å². The van der Waals surface area contributed by atoms with E-state index in [9.17, 15) is 13.2 Å². The standard InChI is InChI=1S/C28H25N5O5S/c1-18-19(2)31-38-26(18)32-39(35,36)25-10-5-4-8-23(25)22-12-11-20(27-30-14-15-37-27)16-21(22)17-33(3)28(34)24-9-6-7-13-29-24/h4-16,32H,17H2,1-3H3. The Labute approximate surface area is 225 Å². The molecule has 0 spiro atoms. The Morgan fingerprint density at radius 1 is 0.974 bits per heavy atom. The fraction of sp³-hybridized carbons (Fsp3) is 0.143. The van der Waals surface area contributed by atoms with Crippen molar-refractivity contribution in [3.8, 4) is 22.6 Å². The second kappa shape index (κ2) is 10.5. The Morgan fingerprint density at radius 3 is 2.46 bits per heavy atom. The van der Waals surface area contributed by atoms with E-state index < -0.39 is 10.0 Å². The van der Waals surface area contributed by atoms with E-state index in [0.29, 0.717) is 45.1 Å². The minimum atomic E-state index is -4.06. The maximum atomic E-state index is 13.5. The highest BCUT2D eigenvalue weighted by atomic mass is 32.2. The van der Waals surface area contributed by atoms with Crippen LogP contribution in [0.15, 0.2) is 93.2 Å². The summed E-state index contributed by atoms with van der Waals surface area (Å²) in [6.45, 7) is 3.63. The quantitative estimate of drug-likeness (QED) is 0.287. The first-order valence-corrected chi connectivity index (χ1v) is 13.5. The van der Waals surface area contributed by atoms with Crippen molar-refractivity contribution in [3.05, 3.63) is 102 Å². The Kier molecular flexibility index (Phi) is 6.99. The van der Waals surface area contributed by atoms with Crippen molar-refractivity contribution in [1.82, 2.24) is 20.0 Å². The summed E-state index contributed by atoms with van der Waals surface area (Å²) in [5.74, 6) is 0.185. The predicted molar refractivity (Wildman–Crippen MR) is 144 cm³/mol. The second-order valence-corrected chi connectivity index (χ2v) is 10.6. The molecule has 0 radical (unpaired) electrons. The SMILES string of the molecule is Cc1noc(NS(=O)(=O)c2ccccc2-c2ccc(-c3ncco3)cc2CN(C)C(=O)c2ccccn2)c1C. The van der Waals surface area contributed by atoms with Crippen LogP contribution in [-0.4, -0.2) is 41.4 Å². The number of nitrogens with zero attached hydrogens (tertiary/aromatic N) is 4. The molecular weight excluding hydrogens is 518 g/mol. The van der Waals surface area contributed by atoms with Gasteiger partial charge in [0.05, 0.1) is 16.8 Å². The molecule has 0 atom stereocenters. The van der Waals surface area contributed by atoms with Crippen molar-refractivity contribution >= 4 is 21.8 Å². The number of sulfonamides is 1. The van der Waals surface area contributed by atoms with Crippen LogP contribution in [-0.2, 0) is 16.6 Å². The number of amides is 1. The molecule has 2 aromatic carbocycles. The van der Waals surface area contributed by atoms with Crippen molar-refractivity contribution in [1.29, 1.82) is 0 Å². The zero-order valence-corrected chi connectivity index (χ0v) is 22.3. The number of carbonyl (C=O) groups excluding carboxylic acids is 1. The molecule has 0 aliphatic heterocycles. The molecule has 1 N–H and O–H groups in total. The highest BCUT2D eigenvalue weighted by molar-refractivity contribution is 7.92. The smallest absolute Gasteiger partial charge is 0.272 e. The van der Waals surface area contributed by atoms with Crippen molar-refractivity contribution in [2.75, 3.05) is 11.8 Å². The zero-order chi connectivity index (χ0) is 27.6. The average molecular weight is 544 g/mol. The van der Waals surface area contributed by atoms with Gasteiger partial charge in [0.2, 0.25) is 11.8 Å². The van der Waals surface area contributed by atoms with Gasteiger partial charge in [0, 0.05) is 36.5 Å². The van der Waals surface area contributed by atoms with Gasteiger partial charge in [0.1, 0.15) is 12.0 Å². The molecule has 5 rings (SSSR count). The van der Waals surface area contributed by atoms with E-state index in [0.717, 1.165) is 0 Å². The number of anilines is 1. The molecule has 0 aliphatic carbocycles. The average Bonchev–Trinajstić information content (AvgIpc) is 3.59. The number of pyridine rings is 1. The van der Waals surface area contributed by atoms with Crippen LogP contribution in [0, 0.1) is 13.8 Å². The summed E-state index contributed by atoms with van der Waals surface area (Å²) in [5, 5.41) is 3.84. The third-order valence-corrected chi connectivity index (χ3v) is 7.66. The van der Waals surface area contributed by atoms with Crippen LogP contribution in [0.3, 0.4) is 0 Å². The van der Waals surface area contributed by atoms with Gasteiger partial charge < -0.3 is 13.8 Å². The largest absolute Gasteiger partial charge is 0.445 e.